The van der Waals surface area contributed by atoms with Gasteiger partial charge >= 0.3 is 0 Å². The molecule has 5 nitrogen and oxygen atoms in total. The second-order valence-corrected chi connectivity index (χ2v) is 5.36. The van der Waals surface area contributed by atoms with Gasteiger partial charge in [-0.15, -0.1) is 11.3 Å². The summed E-state index contributed by atoms with van der Waals surface area (Å²) in [5.74, 6) is 0.456. The minimum atomic E-state index is -0.185. The molecule has 0 aliphatic heterocycles. The van der Waals surface area contributed by atoms with Gasteiger partial charge in [0.05, 0.1) is 12.1 Å². The second kappa shape index (κ2) is 5.79. The maximum absolute atomic E-state index is 12.2. The number of nitrogens with one attached hydrogen (secondary N) is 1. The van der Waals surface area contributed by atoms with Crippen molar-refractivity contribution in [2.24, 2.45) is 0 Å². The Balaban J connectivity index is 2.15. The van der Waals surface area contributed by atoms with Crippen molar-refractivity contribution in [2.45, 2.75) is 12.8 Å². The van der Waals surface area contributed by atoms with Gasteiger partial charge < -0.3 is 10.2 Å². The van der Waals surface area contributed by atoms with Crippen LogP contribution in [0.15, 0.2) is 30.0 Å². The van der Waals surface area contributed by atoms with Gasteiger partial charge in [0.2, 0.25) is 5.91 Å². The molecule has 0 saturated heterocycles. The predicted molar refractivity (Wildman–Crippen MR) is 77.7 cm³/mol. The highest BCUT2D eigenvalue weighted by Crippen LogP contribution is 2.24. The average Bonchev–Trinajstić information content (AvgIpc) is 2.92. The smallest absolute Gasteiger partial charge is 0.232 e. The van der Waals surface area contributed by atoms with E-state index in [1.54, 1.807) is 17.5 Å². The van der Waals surface area contributed by atoms with E-state index in [0.717, 1.165) is 4.88 Å². The number of carbonyl (C=O) groups is 1. The van der Waals surface area contributed by atoms with E-state index in [9.17, 15) is 4.79 Å². The van der Waals surface area contributed by atoms with Gasteiger partial charge in [-0.05, 0) is 18.4 Å². The summed E-state index contributed by atoms with van der Waals surface area (Å²) in [6, 6.07) is 3.91. The number of hydrogen-bond acceptors (Lipinski definition) is 5. The summed E-state index contributed by atoms with van der Waals surface area (Å²) >= 11 is 1.58. The normalized spacial score (nSPS) is 11.9. The van der Waals surface area contributed by atoms with Gasteiger partial charge in [0.15, 0.2) is 5.82 Å². The van der Waals surface area contributed by atoms with Crippen molar-refractivity contribution in [1.82, 2.24) is 9.97 Å². The maximum Gasteiger partial charge on any atom is 0.232 e. The molecule has 2 rings (SSSR count). The van der Waals surface area contributed by atoms with Crippen molar-refractivity contribution in [1.29, 1.82) is 0 Å². The summed E-state index contributed by atoms with van der Waals surface area (Å²) in [6.07, 6.45) is 3.08. The van der Waals surface area contributed by atoms with Crippen LogP contribution in [0.4, 0.5) is 11.5 Å². The lowest BCUT2D eigenvalue weighted by atomic mass is 10.1. The maximum atomic E-state index is 12.2. The summed E-state index contributed by atoms with van der Waals surface area (Å²) in [4.78, 5) is 23.2. The Morgan fingerprint density at radius 2 is 2.26 bits per heavy atom. The third-order valence-corrected chi connectivity index (χ3v) is 3.79. The minimum Gasteiger partial charge on any atom is -0.361 e. The van der Waals surface area contributed by atoms with Gasteiger partial charge in [-0.2, -0.15) is 0 Å². The summed E-state index contributed by atoms with van der Waals surface area (Å²) in [6.45, 7) is 1.89. The average molecular weight is 276 g/mol. The van der Waals surface area contributed by atoms with Crippen molar-refractivity contribution in [2.75, 3.05) is 24.3 Å². The van der Waals surface area contributed by atoms with Crippen LogP contribution in [0.2, 0.25) is 0 Å². The third-order valence-electron chi connectivity index (χ3n) is 2.74. The van der Waals surface area contributed by atoms with Crippen molar-refractivity contribution in [3.8, 4) is 0 Å². The first kappa shape index (κ1) is 13.5. The van der Waals surface area contributed by atoms with Crippen LogP contribution in [0, 0.1) is 0 Å². The van der Waals surface area contributed by atoms with Crippen LogP contribution in [-0.2, 0) is 4.79 Å². The number of rotatable bonds is 4. The molecule has 0 radical (unpaired) electrons. The van der Waals surface area contributed by atoms with E-state index in [2.05, 4.69) is 15.3 Å². The van der Waals surface area contributed by atoms with Gasteiger partial charge in [0, 0.05) is 19.0 Å². The Morgan fingerprint density at radius 3 is 2.89 bits per heavy atom. The topological polar surface area (TPSA) is 58.1 Å². The zero-order valence-electron chi connectivity index (χ0n) is 11.1. The largest absolute Gasteiger partial charge is 0.361 e. The molecule has 0 aliphatic carbocycles. The van der Waals surface area contributed by atoms with Crippen LogP contribution in [0.5, 0.6) is 0 Å². The zero-order valence-corrected chi connectivity index (χ0v) is 11.9. The number of hydrogen-bond donors (Lipinski definition) is 1. The molecule has 2 aromatic heterocycles. The molecule has 19 heavy (non-hydrogen) atoms. The predicted octanol–water partition coefficient (Wildman–Crippen LogP) is 2.35. The molecule has 6 heteroatoms. The van der Waals surface area contributed by atoms with Crippen LogP contribution < -0.4 is 10.2 Å². The molecule has 0 spiro atoms. The molecule has 0 fully saturated rings. The monoisotopic (exact) mass is 276 g/mol. The van der Waals surface area contributed by atoms with Crippen LogP contribution in [-0.4, -0.2) is 30.0 Å². The Kier molecular flexibility index (Phi) is 4.11. The van der Waals surface area contributed by atoms with E-state index in [1.807, 2.05) is 43.4 Å². The molecular formula is C13H16N4OS. The number of amides is 1. The second-order valence-electron chi connectivity index (χ2n) is 4.38. The van der Waals surface area contributed by atoms with Gasteiger partial charge in [-0.3, -0.25) is 4.79 Å². The number of thiophene rings is 1. The van der Waals surface area contributed by atoms with Crippen molar-refractivity contribution < 1.29 is 4.79 Å². The fourth-order valence-electron chi connectivity index (χ4n) is 1.68. The fourth-order valence-corrected chi connectivity index (χ4v) is 2.46. The van der Waals surface area contributed by atoms with Crippen molar-refractivity contribution in [3.05, 3.63) is 34.9 Å². The minimum absolute atomic E-state index is 0.0552. The first-order valence-corrected chi connectivity index (χ1v) is 6.79. The Bertz CT molecular complexity index is 554. The first-order chi connectivity index (χ1) is 9.09. The summed E-state index contributed by atoms with van der Waals surface area (Å²) in [5.41, 5.74) is 0.626. The van der Waals surface area contributed by atoms with E-state index >= 15 is 0 Å². The van der Waals surface area contributed by atoms with Gasteiger partial charge in [-0.25, -0.2) is 9.97 Å². The lowest BCUT2D eigenvalue weighted by Crippen LogP contribution is -2.21. The summed E-state index contributed by atoms with van der Waals surface area (Å²) < 4.78 is 0. The number of aromatic nitrogens is 2. The SMILES string of the molecule is C[C@@H](C(=O)Nc1cncnc1N(C)C)c1cccs1. The van der Waals surface area contributed by atoms with Crippen LogP contribution in [0.3, 0.4) is 0 Å². The third kappa shape index (κ3) is 3.08. The molecule has 0 saturated carbocycles. The zero-order chi connectivity index (χ0) is 13.8. The van der Waals surface area contributed by atoms with Gasteiger partial charge in [-0.1, -0.05) is 6.07 Å². The molecule has 0 aromatic carbocycles. The van der Waals surface area contributed by atoms with E-state index < -0.39 is 0 Å². The molecule has 1 atom stereocenters. The van der Waals surface area contributed by atoms with Crippen LogP contribution in [0.25, 0.3) is 0 Å². The van der Waals surface area contributed by atoms with E-state index in [4.69, 9.17) is 0 Å². The first-order valence-electron chi connectivity index (χ1n) is 5.91. The number of anilines is 2. The molecule has 100 valence electrons. The highest BCUT2D eigenvalue weighted by molar-refractivity contribution is 7.10. The summed E-state index contributed by atoms with van der Waals surface area (Å²) in [7, 11) is 3.75. The standard InChI is InChI=1S/C13H16N4OS/c1-9(11-5-4-6-19-11)13(18)16-10-7-14-8-15-12(10)17(2)3/h4-9H,1-3H3,(H,16,18)/t9-/m1/s1. The van der Waals surface area contributed by atoms with E-state index in [1.165, 1.54) is 6.33 Å². The van der Waals surface area contributed by atoms with Crippen LogP contribution in [0.1, 0.15) is 17.7 Å². The molecule has 2 aromatic rings. The fraction of sp³-hybridized carbons (Fsp3) is 0.308. The van der Waals surface area contributed by atoms with Crippen molar-refractivity contribution in [3.63, 3.8) is 0 Å². The van der Waals surface area contributed by atoms with E-state index in [0.29, 0.717) is 11.5 Å². The molecule has 1 amide bonds. The number of nitrogens with zero attached hydrogens (tertiary/aromatic N) is 3. The lowest BCUT2D eigenvalue weighted by molar-refractivity contribution is -0.117. The molecule has 2 heterocycles. The van der Waals surface area contributed by atoms with Gasteiger partial charge in [0.25, 0.3) is 0 Å². The molecule has 0 unspecified atom stereocenters. The molecular weight excluding hydrogens is 260 g/mol. The Morgan fingerprint density at radius 1 is 1.47 bits per heavy atom. The number of carbonyl (C=O) groups excluding carboxylic acids is 1. The molecule has 1 N–H and O–H groups in total. The molecule has 0 bridgehead atoms. The molecule has 0 aliphatic rings. The van der Waals surface area contributed by atoms with Gasteiger partial charge in [0.1, 0.15) is 12.0 Å². The Hall–Kier alpha value is -1.95. The Labute approximate surface area is 116 Å². The quantitative estimate of drug-likeness (QED) is 0.931. The van der Waals surface area contributed by atoms with Crippen LogP contribution >= 0.6 is 11.3 Å². The summed E-state index contributed by atoms with van der Waals surface area (Å²) in [5, 5.41) is 4.85. The van der Waals surface area contributed by atoms with E-state index in [-0.39, 0.29) is 11.8 Å². The lowest BCUT2D eigenvalue weighted by Gasteiger charge is -2.17. The highest BCUT2D eigenvalue weighted by Gasteiger charge is 2.18. The van der Waals surface area contributed by atoms with Crippen molar-refractivity contribution >= 4 is 28.7 Å². The highest BCUT2D eigenvalue weighted by atomic mass is 32.1.